The summed E-state index contributed by atoms with van der Waals surface area (Å²) in [5.74, 6) is 0.935. The molecule has 3 aromatic rings. The fourth-order valence-corrected chi connectivity index (χ4v) is 2.36. The van der Waals surface area contributed by atoms with Crippen LogP contribution in [0.5, 0.6) is 0 Å². The maximum absolute atomic E-state index is 6.16. The molecule has 1 heterocycles. The summed E-state index contributed by atoms with van der Waals surface area (Å²) in [5.41, 5.74) is 8.60. The van der Waals surface area contributed by atoms with E-state index in [0.717, 1.165) is 16.7 Å². The Morgan fingerprint density at radius 1 is 1.00 bits per heavy atom. The highest BCUT2D eigenvalue weighted by molar-refractivity contribution is 7.16. The molecule has 0 aliphatic heterocycles. The quantitative estimate of drug-likeness (QED) is 0.749. The van der Waals surface area contributed by atoms with Gasteiger partial charge in [-0.05, 0) is 30.3 Å². The van der Waals surface area contributed by atoms with Gasteiger partial charge in [-0.2, -0.15) is 0 Å². The Morgan fingerprint density at radius 3 is 2.32 bits per heavy atom. The highest BCUT2D eigenvalue weighted by Gasteiger charge is 2.26. The second-order valence-corrected chi connectivity index (χ2v) is 5.85. The lowest BCUT2D eigenvalue weighted by atomic mass is 10.00. The first-order valence-corrected chi connectivity index (χ1v) is 7.91. The van der Waals surface area contributed by atoms with Gasteiger partial charge < -0.3 is 10.2 Å². The third-order valence-electron chi connectivity index (χ3n) is 3.58. The molecule has 0 saturated carbocycles. The summed E-state index contributed by atoms with van der Waals surface area (Å²) in [6, 6.07) is 18.1. The van der Waals surface area contributed by atoms with Crippen LogP contribution in [0.4, 0.5) is 0 Å². The summed E-state index contributed by atoms with van der Waals surface area (Å²) in [4.78, 5) is 0. The first kappa shape index (κ1) is 14.9. The molecule has 0 spiro atoms. The Balaban J connectivity index is 2.07. The second kappa shape index (κ2) is 5.99. The van der Waals surface area contributed by atoms with E-state index in [9.17, 15) is 0 Å². The Labute approximate surface area is 132 Å². The average molecular weight is 311 g/mol. The second-order valence-electron chi connectivity index (χ2n) is 5.45. The number of rotatable bonds is 4. The van der Waals surface area contributed by atoms with Crippen LogP contribution in [-0.2, 0) is 5.54 Å². The summed E-state index contributed by atoms with van der Waals surface area (Å²) >= 11 is 0. The Kier molecular flexibility index (Phi) is 4.06. The van der Waals surface area contributed by atoms with Crippen molar-refractivity contribution < 1.29 is 4.42 Å². The zero-order valence-electron chi connectivity index (χ0n) is 12.4. The maximum atomic E-state index is 6.16. The summed E-state index contributed by atoms with van der Waals surface area (Å²) in [6.07, 6.45) is 0.648. The summed E-state index contributed by atoms with van der Waals surface area (Å²) in [6.45, 7) is 1.88. The van der Waals surface area contributed by atoms with Crippen LogP contribution in [0.3, 0.4) is 0 Å². The fraction of sp³-hybridized carbons (Fsp3) is 0.176. The maximum Gasteiger partial charge on any atom is 0.248 e. The topological polar surface area (TPSA) is 64.9 Å². The van der Waals surface area contributed by atoms with Gasteiger partial charge in [-0.25, -0.2) is 0 Å². The molecule has 0 saturated heterocycles. The van der Waals surface area contributed by atoms with Crippen molar-refractivity contribution >= 4 is 9.24 Å². The first-order chi connectivity index (χ1) is 10.6. The molecule has 0 radical (unpaired) electrons. The molecular weight excluding hydrogens is 293 g/mol. The normalized spacial score (nSPS) is 13.8. The van der Waals surface area contributed by atoms with Crippen molar-refractivity contribution in [1.29, 1.82) is 0 Å². The molecule has 0 aliphatic carbocycles. The molecule has 3 rings (SSSR count). The fourth-order valence-electron chi connectivity index (χ4n) is 2.19. The summed E-state index contributed by atoms with van der Waals surface area (Å²) in [5, 5.41) is 8.30. The van der Waals surface area contributed by atoms with Crippen LogP contribution in [0.1, 0.15) is 12.8 Å². The number of nitrogens with two attached hydrogens (primary N) is 1. The van der Waals surface area contributed by atoms with Gasteiger partial charge in [-0.1, -0.05) is 48.5 Å². The van der Waals surface area contributed by atoms with Gasteiger partial charge in [0, 0.05) is 5.56 Å². The molecule has 0 fully saturated rings. The molecule has 2 atom stereocenters. The van der Waals surface area contributed by atoms with Crippen molar-refractivity contribution in [2.24, 2.45) is 5.73 Å². The van der Waals surface area contributed by atoms with Crippen LogP contribution in [0, 0.1) is 0 Å². The highest BCUT2D eigenvalue weighted by atomic mass is 31.0. The molecule has 4 nitrogen and oxygen atoms in total. The Morgan fingerprint density at radius 2 is 1.64 bits per heavy atom. The molecule has 112 valence electrons. The van der Waals surface area contributed by atoms with Crippen LogP contribution in [0.2, 0.25) is 0 Å². The van der Waals surface area contributed by atoms with Gasteiger partial charge in [0.25, 0.3) is 0 Å². The smallest absolute Gasteiger partial charge is 0.248 e. The van der Waals surface area contributed by atoms with E-state index in [1.165, 1.54) is 0 Å². The van der Waals surface area contributed by atoms with Crippen LogP contribution >= 0.6 is 9.24 Å². The number of benzene rings is 2. The molecule has 5 heteroatoms. The van der Waals surface area contributed by atoms with Crippen molar-refractivity contribution in [3.05, 3.63) is 60.5 Å². The van der Waals surface area contributed by atoms with Gasteiger partial charge in [0.15, 0.2) is 0 Å². The third-order valence-corrected chi connectivity index (χ3v) is 4.43. The van der Waals surface area contributed by atoms with Gasteiger partial charge in [0.05, 0.1) is 5.54 Å². The molecular formula is C17H18N3OP. The monoisotopic (exact) mass is 311 g/mol. The number of aromatic nitrogens is 2. The minimum Gasteiger partial charge on any atom is -0.419 e. The van der Waals surface area contributed by atoms with Gasteiger partial charge in [0.1, 0.15) is 0 Å². The minimum absolute atomic E-state index is 0.445. The van der Waals surface area contributed by atoms with Gasteiger partial charge in [-0.15, -0.1) is 19.4 Å². The predicted molar refractivity (Wildman–Crippen MR) is 91.3 cm³/mol. The van der Waals surface area contributed by atoms with Gasteiger partial charge in [-0.3, -0.25) is 0 Å². The lowest BCUT2D eigenvalue weighted by Gasteiger charge is -2.16. The van der Waals surface area contributed by atoms with E-state index in [2.05, 4.69) is 31.6 Å². The minimum atomic E-state index is -0.641. The molecule has 1 unspecified atom stereocenters. The lowest BCUT2D eigenvalue weighted by Crippen LogP contribution is -2.35. The Hall–Kier alpha value is -2.03. The third kappa shape index (κ3) is 2.80. The zero-order chi connectivity index (χ0) is 15.6. The molecule has 0 amide bonds. The van der Waals surface area contributed by atoms with Crippen LogP contribution in [0.25, 0.3) is 22.6 Å². The molecule has 0 aliphatic rings. The van der Waals surface area contributed by atoms with Gasteiger partial charge >= 0.3 is 0 Å². The number of hydrogen-bond donors (Lipinski definition) is 1. The summed E-state index contributed by atoms with van der Waals surface area (Å²) in [7, 11) is 2.61. The lowest BCUT2D eigenvalue weighted by molar-refractivity contribution is 0.389. The van der Waals surface area contributed by atoms with E-state index in [1.54, 1.807) is 0 Å². The van der Waals surface area contributed by atoms with Crippen LogP contribution < -0.4 is 5.73 Å². The molecule has 2 N–H and O–H groups in total. The van der Waals surface area contributed by atoms with E-state index in [1.807, 2.05) is 49.4 Å². The first-order valence-electron chi connectivity index (χ1n) is 7.09. The average Bonchev–Trinajstić information content (AvgIpc) is 3.06. The molecule has 1 aromatic heterocycles. The Bertz CT molecular complexity index is 768. The largest absolute Gasteiger partial charge is 0.419 e. The van der Waals surface area contributed by atoms with Gasteiger partial charge in [0.2, 0.25) is 11.8 Å². The number of nitrogens with zero attached hydrogens (tertiary/aromatic N) is 2. The predicted octanol–water partition coefficient (Wildman–Crippen LogP) is 3.45. The van der Waals surface area contributed by atoms with Crippen molar-refractivity contribution in [2.45, 2.75) is 12.5 Å². The van der Waals surface area contributed by atoms with Crippen molar-refractivity contribution in [3.8, 4) is 22.6 Å². The van der Waals surface area contributed by atoms with E-state index >= 15 is 0 Å². The molecule has 0 bridgehead atoms. The highest BCUT2D eigenvalue weighted by Crippen LogP contribution is 2.32. The number of hydrogen-bond acceptors (Lipinski definition) is 4. The SMILES string of the molecule is C[C@@](N)(CP)c1nnc(-c2ccccc2-c2ccccc2)o1. The van der Waals surface area contributed by atoms with E-state index in [-0.39, 0.29) is 0 Å². The van der Waals surface area contributed by atoms with Crippen molar-refractivity contribution in [2.75, 3.05) is 6.16 Å². The van der Waals surface area contributed by atoms with E-state index in [4.69, 9.17) is 10.2 Å². The summed E-state index contributed by atoms with van der Waals surface area (Å²) < 4.78 is 5.83. The molecule has 2 aromatic carbocycles. The van der Waals surface area contributed by atoms with Crippen molar-refractivity contribution in [1.82, 2.24) is 10.2 Å². The van der Waals surface area contributed by atoms with Crippen LogP contribution in [-0.4, -0.2) is 16.4 Å². The van der Waals surface area contributed by atoms with Crippen molar-refractivity contribution in [3.63, 3.8) is 0 Å². The van der Waals surface area contributed by atoms with E-state index < -0.39 is 5.54 Å². The van der Waals surface area contributed by atoms with Crippen LogP contribution in [0.15, 0.2) is 59.0 Å². The van der Waals surface area contributed by atoms with E-state index in [0.29, 0.717) is 17.9 Å². The standard InChI is InChI=1S/C17H18N3OP/c1-17(18,11-22)16-20-19-15(21-16)14-10-6-5-9-13(14)12-7-3-2-4-8-12/h2-10H,11,18,22H2,1H3/t17-/m1/s1. The molecule has 22 heavy (non-hydrogen) atoms. The zero-order valence-corrected chi connectivity index (χ0v) is 13.5.